The lowest BCUT2D eigenvalue weighted by Crippen LogP contribution is -2.48. The van der Waals surface area contributed by atoms with Gasteiger partial charge in [-0.05, 0) is 31.9 Å². The zero-order valence-electron chi connectivity index (χ0n) is 13.3. The second kappa shape index (κ2) is 7.58. The summed E-state index contributed by atoms with van der Waals surface area (Å²) in [7, 11) is -1.61. The minimum Gasteiger partial charge on any atom is -0.335 e. The molecule has 5 nitrogen and oxygen atoms in total. The van der Waals surface area contributed by atoms with Crippen molar-refractivity contribution in [2.75, 3.05) is 19.1 Å². The molecule has 0 heterocycles. The molecule has 0 aliphatic heterocycles. The van der Waals surface area contributed by atoms with Gasteiger partial charge in [0.1, 0.15) is 15.7 Å². The first-order valence-corrected chi connectivity index (χ1v) is 9.10. The monoisotopic (exact) mass is 330 g/mol. The number of sulfone groups is 1. The van der Waals surface area contributed by atoms with E-state index in [1.54, 1.807) is 39.1 Å². The van der Waals surface area contributed by atoms with Crippen molar-refractivity contribution in [1.82, 2.24) is 10.2 Å². The molecule has 0 unspecified atom stereocenters. The maximum absolute atomic E-state index is 13.6. The molecular weight excluding hydrogens is 307 g/mol. The highest BCUT2D eigenvalue weighted by Gasteiger charge is 2.21. The average molecular weight is 330 g/mol. The summed E-state index contributed by atoms with van der Waals surface area (Å²) in [6.45, 7) is 3.45. The number of halogens is 1. The Bertz CT molecular complexity index is 619. The van der Waals surface area contributed by atoms with Gasteiger partial charge in [-0.3, -0.25) is 0 Å². The first-order valence-electron chi connectivity index (χ1n) is 7.04. The molecule has 0 fully saturated rings. The van der Waals surface area contributed by atoms with Crippen LogP contribution in [0.25, 0.3) is 0 Å². The third-order valence-electron chi connectivity index (χ3n) is 3.38. The van der Waals surface area contributed by atoms with Crippen LogP contribution >= 0.6 is 0 Å². The lowest BCUT2D eigenvalue weighted by Gasteiger charge is -2.26. The van der Waals surface area contributed by atoms with Gasteiger partial charge < -0.3 is 10.2 Å². The molecule has 0 aliphatic rings. The maximum Gasteiger partial charge on any atom is 0.317 e. The molecule has 7 heteroatoms. The fourth-order valence-electron chi connectivity index (χ4n) is 2.11. The molecule has 0 bridgehead atoms. The van der Waals surface area contributed by atoms with Crippen LogP contribution in [0.5, 0.6) is 0 Å². The van der Waals surface area contributed by atoms with Crippen molar-refractivity contribution in [3.63, 3.8) is 0 Å². The second-order valence-corrected chi connectivity index (χ2v) is 7.88. The first-order chi connectivity index (χ1) is 10.1. The van der Waals surface area contributed by atoms with E-state index < -0.39 is 15.9 Å². The van der Waals surface area contributed by atoms with Crippen LogP contribution in [0.4, 0.5) is 9.18 Å². The van der Waals surface area contributed by atoms with Gasteiger partial charge in [-0.25, -0.2) is 17.6 Å². The number of nitrogens with one attached hydrogen (secondary N) is 1. The van der Waals surface area contributed by atoms with E-state index in [2.05, 4.69) is 5.32 Å². The third-order valence-corrected chi connectivity index (χ3v) is 4.47. The van der Waals surface area contributed by atoms with Crippen LogP contribution in [0.2, 0.25) is 0 Å². The van der Waals surface area contributed by atoms with Crippen LogP contribution in [0.1, 0.15) is 19.4 Å². The molecular formula is C15H23FN2O3S. The van der Waals surface area contributed by atoms with E-state index in [4.69, 9.17) is 0 Å². The van der Waals surface area contributed by atoms with Crippen LogP contribution in [0, 0.1) is 5.82 Å². The van der Waals surface area contributed by atoms with Gasteiger partial charge in [0.25, 0.3) is 0 Å². The van der Waals surface area contributed by atoms with Gasteiger partial charge in [-0.1, -0.05) is 18.2 Å². The number of benzene rings is 1. The van der Waals surface area contributed by atoms with E-state index in [0.717, 1.165) is 6.26 Å². The third kappa shape index (κ3) is 6.01. The Morgan fingerprint density at radius 2 is 1.91 bits per heavy atom. The predicted molar refractivity (Wildman–Crippen MR) is 85.0 cm³/mol. The van der Waals surface area contributed by atoms with Gasteiger partial charge in [0.05, 0.1) is 5.75 Å². The lowest BCUT2D eigenvalue weighted by molar-refractivity contribution is 0.194. The van der Waals surface area contributed by atoms with E-state index >= 15 is 0 Å². The molecule has 1 aromatic carbocycles. The van der Waals surface area contributed by atoms with Gasteiger partial charge in [-0.15, -0.1) is 0 Å². The first kappa shape index (κ1) is 18.4. The zero-order chi connectivity index (χ0) is 16.9. The summed E-state index contributed by atoms with van der Waals surface area (Å²) in [5, 5.41) is 2.75. The van der Waals surface area contributed by atoms with Crippen LogP contribution in [-0.2, 0) is 16.3 Å². The van der Waals surface area contributed by atoms with Crippen molar-refractivity contribution in [1.29, 1.82) is 0 Å². The summed E-state index contributed by atoms with van der Waals surface area (Å²) >= 11 is 0. The highest BCUT2D eigenvalue weighted by molar-refractivity contribution is 7.90. The number of nitrogens with zero attached hydrogens (tertiary/aromatic N) is 1. The van der Waals surface area contributed by atoms with E-state index in [1.807, 2.05) is 0 Å². The summed E-state index contributed by atoms with van der Waals surface area (Å²) in [5.74, 6) is -0.402. The molecule has 1 rings (SSSR count). The van der Waals surface area contributed by atoms with Crippen LogP contribution < -0.4 is 5.32 Å². The van der Waals surface area contributed by atoms with Gasteiger partial charge in [-0.2, -0.15) is 0 Å². The van der Waals surface area contributed by atoms with Crippen molar-refractivity contribution < 1.29 is 17.6 Å². The summed E-state index contributed by atoms with van der Waals surface area (Å²) in [4.78, 5) is 13.4. The largest absolute Gasteiger partial charge is 0.335 e. The smallest absolute Gasteiger partial charge is 0.317 e. The summed E-state index contributed by atoms with van der Waals surface area (Å²) < 4.78 is 36.1. The Hall–Kier alpha value is -1.63. The summed E-state index contributed by atoms with van der Waals surface area (Å²) in [6, 6.07) is 5.33. The molecule has 0 radical (unpaired) electrons. The summed E-state index contributed by atoms with van der Waals surface area (Å²) in [5.41, 5.74) is 0.530. The SMILES string of the molecule is C[C@H](Cc1ccccc1F)NC(=O)N(C)[C@@H](C)CS(C)(=O)=O. The Morgan fingerprint density at radius 1 is 1.32 bits per heavy atom. The molecule has 2 amide bonds. The number of hydrogen-bond donors (Lipinski definition) is 1. The van der Waals surface area contributed by atoms with Gasteiger partial charge in [0, 0.05) is 25.4 Å². The molecule has 0 aromatic heterocycles. The molecule has 1 aromatic rings. The highest BCUT2D eigenvalue weighted by atomic mass is 32.2. The highest BCUT2D eigenvalue weighted by Crippen LogP contribution is 2.09. The van der Waals surface area contributed by atoms with Crippen molar-refractivity contribution in [3.8, 4) is 0 Å². The molecule has 0 saturated heterocycles. The van der Waals surface area contributed by atoms with E-state index in [-0.39, 0.29) is 23.6 Å². The number of hydrogen-bond acceptors (Lipinski definition) is 3. The molecule has 2 atom stereocenters. The zero-order valence-corrected chi connectivity index (χ0v) is 14.2. The van der Waals surface area contributed by atoms with Crippen molar-refractivity contribution in [2.45, 2.75) is 32.4 Å². The quantitative estimate of drug-likeness (QED) is 0.865. The number of carbonyl (C=O) groups excluding carboxylic acids is 1. The number of urea groups is 1. The number of amides is 2. The Balaban J connectivity index is 2.58. The van der Waals surface area contributed by atoms with Gasteiger partial charge in [0.15, 0.2) is 0 Å². The fourth-order valence-corrected chi connectivity index (χ4v) is 3.21. The van der Waals surface area contributed by atoms with Gasteiger partial charge in [0.2, 0.25) is 0 Å². The number of rotatable bonds is 6. The molecule has 1 N–H and O–H groups in total. The second-order valence-electron chi connectivity index (χ2n) is 5.70. The molecule has 124 valence electrons. The minimum absolute atomic E-state index is 0.0986. The maximum atomic E-state index is 13.6. The van der Waals surface area contributed by atoms with E-state index in [1.165, 1.54) is 11.0 Å². The molecule has 0 saturated carbocycles. The standard InChI is InChI=1S/C15H23FN2O3S/c1-11(9-13-7-5-6-8-14(13)16)17-15(19)18(3)12(2)10-22(4,20)21/h5-8,11-12H,9-10H2,1-4H3,(H,17,19)/t11-,12+/m1/s1. The Labute approximate surface area is 131 Å². The Kier molecular flexibility index (Phi) is 6.34. The van der Waals surface area contributed by atoms with Crippen molar-refractivity contribution in [3.05, 3.63) is 35.6 Å². The minimum atomic E-state index is -3.16. The van der Waals surface area contributed by atoms with Crippen molar-refractivity contribution >= 4 is 15.9 Å². The molecule has 0 spiro atoms. The summed E-state index contributed by atoms with van der Waals surface area (Å²) in [6.07, 6.45) is 1.50. The van der Waals surface area contributed by atoms with Crippen LogP contribution in [0.3, 0.4) is 0 Å². The molecule has 22 heavy (non-hydrogen) atoms. The van der Waals surface area contributed by atoms with E-state index in [0.29, 0.717) is 12.0 Å². The topological polar surface area (TPSA) is 66.5 Å². The van der Waals surface area contributed by atoms with Gasteiger partial charge >= 0.3 is 6.03 Å². The van der Waals surface area contributed by atoms with E-state index in [9.17, 15) is 17.6 Å². The fraction of sp³-hybridized carbons (Fsp3) is 0.533. The van der Waals surface area contributed by atoms with Crippen LogP contribution in [-0.4, -0.2) is 50.5 Å². The lowest BCUT2D eigenvalue weighted by atomic mass is 10.1. The van der Waals surface area contributed by atoms with Crippen molar-refractivity contribution in [2.24, 2.45) is 0 Å². The number of carbonyl (C=O) groups is 1. The van der Waals surface area contributed by atoms with Crippen LogP contribution in [0.15, 0.2) is 24.3 Å². The molecule has 0 aliphatic carbocycles. The average Bonchev–Trinajstić information content (AvgIpc) is 2.38. The Morgan fingerprint density at radius 3 is 2.45 bits per heavy atom. The normalized spacial score (nSPS) is 14.2. The predicted octanol–water partition coefficient (Wildman–Crippen LogP) is 1.83.